The SMILES string of the molecule is CC[P+](=O)OCCCCCCO[P+](=O)CC. The third kappa shape index (κ3) is 10.6. The minimum Gasteiger partial charge on any atom is -0.146 e. The van der Waals surface area contributed by atoms with Crippen LogP contribution in [0.5, 0.6) is 0 Å². The molecule has 6 heteroatoms. The third-order valence-corrected chi connectivity index (χ3v) is 4.00. The van der Waals surface area contributed by atoms with Crippen LogP contribution in [-0.4, -0.2) is 25.5 Å². The molecule has 0 saturated carbocycles. The van der Waals surface area contributed by atoms with Crippen LogP contribution in [-0.2, 0) is 18.2 Å². The fourth-order valence-electron chi connectivity index (χ4n) is 1.07. The Kier molecular flexibility index (Phi) is 11.7. The number of hydrogen-bond acceptors (Lipinski definition) is 4. The van der Waals surface area contributed by atoms with E-state index in [2.05, 4.69) is 0 Å². The summed E-state index contributed by atoms with van der Waals surface area (Å²) >= 11 is 0. The molecule has 94 valence electrons. The van der Waals surface area contributed by atoms with Crippen molar-refractivity contribution in [3.8, 4) is 0 Å². The van der Waals surface area contributed by atoms with Gasteiger partial charge in [-0.2, -0.15) is 0 Å². The van der Waals surface area contributed by atoms with Crippen LogP contribution in [0.4, 0.5) is 0 Å². The molecule has 4 nitrogen and oxygen atoms in total. The van der Waals surface area contributed by atoms with Crippen LogP contribution in [0.3, 0.4) is 0 Å². The highest BCUT2D eigenvalue weighted by atomic mass is 31.1. The van der Waals surface area contributed by atoms with Gasteiger partial charge in [-0.1, -0.05) is 12.8 Å². The molecule has 0 saturated heterocycles. The normalized spacial score (nSPS) is 12.6. The molecule has 0 rings (SSSR count). The molecule has 0 aliphatic carbocycles. The Morgan fingerprint density at radius 3 is 1.44 bits per heavy atom. The van der Waals surface area contributed by atoms with Gasteiger partial charge in [-0.15, -0.1) is 9.05 Å². The minimum atomic E-state index is -1.43. The van der Waals surface area contributed by atoms with E-state index in [1.54, 1.807) is 0 Å². The van der Waals surface area contributed by atoms with Gasteiger partial charge in [-0.3, -0.25) is 0 Å². The molecular weight excluding hydrogens is 246 g/mol. The Morgan fingerprint density at radius 1 is 0.750 bits per heavy atom. The molecule has 2 atom stereocenters. The first-order chi connectivity index (χ1) is 7.70. The van der Waals surface area contributed by atoms with Crippen LogP contribution in [0.1, 0.15) is 39.5 Å². The summed E-state index contributed by atoms with van der Waals surface area (Å²) in [5.74, 6) is 0. The first-order valence-corrected chi connectivity index (χ1v) is 8.58. The molecule has 0 bridgehead atoms. The molecule has 0 aliphatic heterocycles. The Labute approximate surface area is 99.8 Å². The van der Waals surface area contributed by atoms with E-state index in [9.17, 15) is 9.13 Å². The van der Waals surface area contributed by atoms with Crippen LogP contribution < -0.4 is 0 Å². The van der Waals surface area contributed by atoms with E-state index in [1.807, 2.05) is 13.8 Å². The summed E-state index contributed by atoms with van der Waals surface area (Å²) < 4.78 is 32.0. The maximum absolute atomic E-state index is 10.9. The second-order valence-corrected chi connectivity index (χ2v) is 6.49. The van der Waals surface area contributed by atoms with Crippen LogP contribution in [0.25, 0.3) is 0 Å². The largest absolute Gasteiger partial charge is 0.507 e. The zero-order valence-corrected chi connectivity index (χ0v) is 12.0. The van der Waals surface area contributed by atoms with Gasteiger partial charge in [0.1, 0.15) is 13.2 Å². The Bertz CT molecular complexity index is 187. The Morgan fingerprint density at radius 2 is 1.12 bits per heavy atom. The van der Waals surface area contributed by atoms with Crippen LogP contribution in [0, 0.1) is 0 Å². The van der Waals surface area contributed by atoms with E-state index in [4.69, 9.17) is 9.05 Å². The summed E-state index contributed by atoms with van der Waals surface area (Å²) in [5, 5.41) is 0. The Hall–Kier alpha value is 0.120. The summed E-state index contributed by atoms with van der Waals surface area (Å²) in [5.41, 5.74) is 0. The van der Waals surface area contributed by atoms with Gasteiger partial charge >= 0.3 is 16.1 Å². The minimum absolute atomic E-state index is 0.577. The van der Waals surface area contributed by atoms with E-state index < -0.39 is 16.1 Å². The third-order valence-electron chi connectivity index (χ3n) is 2.03. The van der Waals surface area contributed by atoms with Crippen molar-refractivity contribution >= 4 is 16.1 Å². The van der Waals surface area contributed by atoms with Crippen LogP contribution >= 0.6 is 16.1 Å². The fourth-order valence-corrected chi connectivity index (χ4v) is 2.10. The van der Waals surface area contributed by atoms with Crippen molar-refractivity contribution in [3.63, 3.8) is 0 Å². The molecule has 0 aromatic carbocycles. The van der Waals surface area contributed by atoms with Crippen molar-refractivity contribution < 1.29 is 18.2 Å². The molecule has 0 aromatic heterocycles. The van der Waals surface area contributed by atoms with Crippen LogP contribution in [0.15, 0.2) is 0 Å². The molecule has 0 aromatic rings. The van der Waals surface area contributed by atoms with Gasteiger partial charge in [0.15, 0.2) is 12.3 Å². The van der Waals surface area contributed by atoms with Crippen molar-refractivity contribution in [1.82, 2.24) is 0 Å². The van der Waals surface area contributed by atoms with E-state index in [-0.39, 0.29) is 0 Å². The molecule has 0 amide bonds. The molecule has 0 aliphatic rings. The quantitative estimate of drug-likeness (QED) is 0.418. The van der Waals surface area contributed by atoms with E-state index in [0.717, 1.165) is 25.7 Å². The highest BCUT2D eigenvalue weighted by Crippen LogP contribution is 2.22. The van der Waals surface area contributed by atoms with Gasteiger partial charge in [0.2, 0.25) is 0 Å². The topological polar surface area (TPSA) is 52.6 Å². The first-order valence-electron chi connectivity index (χ1n) is 5.85. The summed E-state index contributed by atoms with van der Waals surface area (Å²) in [6, 6.07) is 0. The maximum Gasteiger partial charge on any atom is 0.507 e. The lowest BCUT2D eigenvalue weighted by atomic mass is 10.2. The summed E-state index contributed by atoms with van der Waals surface area (Å²) in [4.78, 5) is 0. The van der Waals surface area contributed by atoms with Gasteiger partial charge in [0, 0.05) is 0 Å². The lowest BCUT2D eigenvalue weighted by molar-refractivity contribution is 0.299. The highest BCUT2D eigenvalue weighted by Gasteiger charge is 2.12. The zero-order valence-electron chi connectivity index (χ0n) is 10.2. The Balaban J connectivity index is 3.10. The predicted molar refractivity (Wildman–Crippen MR) is 66.7 cm³/mol. The van der Waals surface area contributed by atoms with Gasteiger partial charge in [0.25, 0.3) is 0 Å². The molecule has 0 N–H and O–H groups in total. The first kappa shape index (κ1) is 16.1. The van der Waals surface area contributed by atoms with E-state index in [0.29, 0.717) is 25.5 Å². The van der Waals surface area contributed by atoms with Gasteiger partial charge in [-0.25, -0.2) is 0 Å². The second kappa shape index (κ2) is 11.6. The smallest absolute Gasteiger partial charge is 0.146 e. The van der Waals surface area contributed by atoms with E-state index >= 15 is 0 Å². The van der Waals surface area contributed by atoms with Crippen LogP contribution in [0.2, 0.25) is 0 Å². The molecule has 0 heterocycles. The molecule has 2 unspecified atom stereocenters. The van der Waals surface area contributed by atoms with E-state index in [1.165, 1.54) is 0 Å². The zero-order chi connectivity index (χ0) is 12.2. The van der Waals surface area contributed by atoms with Crippen molar-refractivity contribution in [2.45, 2.75) is 39.5 Å². The highest BCUT2D eigenvalue weighted by molar-refractivity contribution is 7.39. The van der Waals surface area contributed by atoms with Gasteiger partial charge in [-0.05, 0) is 35.8 Å². The van der Waals surface area contributed by atoms with Crippen molar-refractivity contribution in [1.29, 1.82) is 0 Å². The lowest BCUT2D eigenvalue weighted by Gasteiger charge is -1.96. The number of hydrogen-bond donors (Lipinski definition) is 0. The number of rotatable bonds is 11. The molecular formula is C10H22O4P2+2. The van der Waals surface area contributed by atoms with Crippen molar-refractivity contribution in [2.75, 3.05) is 25.5 Å². The second-order valence-electron chi connectivity index (χ2n) is 3.38. The summed E-state index contributed by atoms with van der Waals surface area (Å²) in [7, 11) is -2.86. The molecule has 16 heavy (non-hydrogen) atoms. The predicted octanol–water partition coefficient (Wildman–Crippen LogP) is 4.10. The fraction of sp³-hybridized carbons (Fsp3) is 1.00. The summed E-state index contributed by atoms with van der Waals surface area (Å²) in [6.07, 6.45) is 5.13. The van der Waals surface area contributed by atoms with Crippen molar-refractivity contribution in [2.24, 2.45) is 0 Å². The lowest BCUT2D eigenvalue weighted by Crippen LogP contribution is -1.91. The average Bonchev–Trinajstić information content (AvgIpc) is 2.31. The molecule has 0 spiro atoms. The molecule has 0 radical (unpaired) electrons. The van der Waals surface area contributed by atoms with Gasteiger partial charge < -0.3 is 0 Å². The average molecular weight is 268 g/mol. The van der Waals surface area contributed by atoms with Gasteiger partial charge in [0.05, 0.1) is 0 Å². The summed E-state index contributed by atoms with van der Waals surface area (Å²) in [6.45, 7) is 4.86. The standard InChI is InChI=1S/C10H22O4P2/c1-3-15(11)13-9-7-5-6-8-10-14-16(12)4-2/h3-10H2,1-2H3/q+2. The molecule has 0 fully saturated rings. The number of unbranched alkanes of at least 4 members (excludes halogenated alkanes) is 3. The van der Waals surface area contributed by atoms with Crippen molar-refractivity contribution in [3.05, 3.63) is 0 Å². The maximum atomic E-state index is 10.9. The monoisotopic (exact) mass is 268 g/mol.